The lowest BCUT2D eigenvalue weighted by Gasteiger charge is -2.38. The normalized spacial score (nSPS) is 15.1. The summed E-state index contributed by atoms with van der Waals surface area (Å²) in [4.78, 5) is 26.1. The third-order valence-electron chi connectivity index (χ3n) is 6.59. The van der Waals surface area contributed by atoms with Crippen LogP contribution in [0.25, 0.3) is 6.08 Å². The molecule has 1 aliphatic heterocycles. The van der Waals surface area contributed by atoms with Crippen molar-refractivity contribution in [1.29, 1.82) is 0 Å². The van der Waals surface area contributed by atoms with E-state index in [2.05, 4.69) is 27.1 Å². The topological polar surface area (TPSA) is 61.4 Å². The van der Waals surface area contributed by atoms with Gasteiger partial charge in [-0.1, -0.05) is 19.1 Å². The van der Waals surface area contributed by atoms with E-state index in [1.807, 2.05) is 23.1 Å². The van der Waals surface area contributed by atoms with Gasteiger partial charge >= 0.3 is 6.18 Å². The number of anilines is 2. The summed E-state index contributed by atoms with van der Waals surface area (Å²) in [6.45, 7) is 5.43. The van der Waals surface area contributed by atoms with Crippen molar-refractivity contribution in [2.45, 2.75) is 44.9 Å². The average molecular weight is 524 g/mol. The fourth-order valence-electron chi connectivity index (χ4n) is 4.65. The number of alkyl halides is 3. The molecule has 38 heavy (non-hydrogen) atoms. The van der Waals surface area contributed by atoms with Crippen LogP contribution in [-0.2, 0) is 17.5 Å². The van der Waals surface area contributed by atoms with Crippen molar-refractivity contribution >= 4 is 23.4 Å². The molecule has 1 saturated heterocycles. The zero-order valence-corrected chi connectivity index (χ0v) is 21.4. The van der Waals surface area contributed by atoms with Crippen LogP contribution in [0.15, 0.2) is 73.3 Å². The highest BCUT2D eigenvalue weighted by atomic mass is 19.4. The number of nitrogens with zero attached hydrogens (tertiary/aromatic N) is 4. The number of aromatic nitrogens is 2. The summed E-state index contributed by atoms with van der Waals surface area (Å²) in [6, 6.07) is 10.6. The number of carbonyl (C=O) groups is 1. The lowest BCUT2D eigenvalue weighted by Crippen LogP contribution is -2.46. The van der Waals surface area contributed by atoms with Gasteiger partial charge in [0.05, 0.1) is 17.4 Å². The number of nitrogens with one attached hydrogen (secondary N) is 1. The summed E-state index contributed by atoms with van der Waals surface area (Å²) in [5.41, 5.74) is 2.40. The van der Waals surface area contributed by atoms with Crippen LogP contribution < -0.4 is 5.32 Å². The van der Waals surface area contributed by atoms with Gasteiger partial charge in [-0.3, -0.25) is 14.8 Å². The maximum Gasteiger partial charge on any atom is 0.416 e. The van der Waals surface area contributed by atoms with Crippen LogP contribution in [0.3, 0.4) is 0 Å². The van der Waals surface area contributed by atoms with Gasteiger partial charge in [0, 0.05) is 56.0 Å². The molecule has 0 bridgehead atoms. The highest BCUT2D eigenvalue weighted by molar-refractivity contribution is 5.92. The number of carbonyl (C=O) groups excluding carboxylic acids is 1. The van der Waals surface area contributed by atoms with Crippen LogP contribution in [0.5, 0.6) is 0 Å². The summed E-state index contributed by atoms with van der Waals surface area (Å²) >= 11 is 0. The molecule has 1 N–H and O–H groups in total. The van der Waals surface area contributed by atoms with Gasteiger partial charge in [-0.25, -0.2) is 0 Å². The fraction of sp³-hybridized carbons (Fsp3) is 0.345. The number of hydrogen-bond donors (Lipinski definition) is 1. The van der Waals surface area contributed by atoms with E-state index in [1.54, 1.807) is 30.9 Å². The first-order chi connectivity index (χ1) is 18.3. The van der Waals surface area contributed by atoms with Gasteiger partial charge in [-0.2, -0.15) is 13.2 Å². The predicted octanol–water partition coefficient (Wildman–Crippen LogP) is 6.16. The standard InChI is InChI=1S/C29H32F3N5O/c1-2-15-36-16-11-27(12-17-36)37(28(38)8-5-22-3-6-24(7-4-22)29(30,31)32)21-23-18-26(20-34-19-23)35-25-9-13-33-14-10-25/h3-10,13-14,18-20,27H,2,11-12,15-17,21H2,1H3,(H,33,35)/b8-5+. The monoisotopic (exact) mass is 523 g/mol. The quantitative estimate of drug-likeness (QED) is 0.341. The number of pyridine rings is 2. The van der Waals surface area contributed by atoms with E-state index < -0.39 is 11.7 Å². The Hall–Kier alpha value is -3.72. The Morgan fingerprint density at radius 2 is 1.76 bits per heavy atom. The molecule has 3 heterocycles. The Morgan fingerprint density at radius 3 is 2.42 bits per heavy atom. The molecule has 4 rings (SSSR count). The van der Waals surface area contributed by atoms with Crippen LogP contribution in [-0.4, -0.2) is 51.4 Å². The van der Waals surface area contributed by atoms with Crippen molar-refractivity contribution in [3.05, 3.63) is 90.0 Å². The van der Waals surface area contributed by atoms with Crippen LogP contribution in [0.4, 0.5) is 24.5 Å². The van der Waals surface area contributed by atoms with Crippen molar-refractivity contribution in [2.75, 3.05) is 25.0 Å². The maximum atomic E-state index is 13.4. The van der Waals surface area contributed by atoms with Crippen molar-refractivity contribution in [3.8, 4) is 0 Å². The van der Waals surface area contributed by atoms with Gasteiger partial charge in [0.2, 0.25) is 5.91 Å². The number of amides is 1. The fourth-order valence-corrected chi connectivity index (χ4v) is 4.65. The van der Waals surface area contributed by atoms with Crippen molar-refractivity contribution in [3.63, 3.8) is 0 Å². The van der Waals surface area contributed by atoms with Crippen LogP contribution in [0.1, 0.15) is 42.9 Å². The summed E-state index contributed by atoms with van der Waals surface area (Å²) in [5.74, 6) is -0.175. The molecule has 1 aliphatic rings. The highest BCUT2D eigenvalue weighted by Gasteiger charge is 2.30. The molecule has 1 amide bonds. The van der Waals surface area contributed by atoms with Gasteiger partial charge in [0.1, 0.15) is 0 Å². The lowest BCUT2D eigenvalue weighted by molar-refractivity contribution is -0.137. The van der Waals surface area contributed by atoms with Crippen molar-refractivity contribution in [2.24, 2.45) is 0 Å². The SMILES string of the molecule is CCCN1CCC(N(Cc2cncc(Nc3ccncc3)c2)C(=O)/C=C/c2ccc(C(F)(F)F)cc2)CC1. The molecule has 200 valence electrons. The molecule has 0 atom stereocenters. The minimum atomic E-state index is -4.39. The van der Waals surface area contributed by atoms with Gasteiger partial charge in [0.15, 0.2) is 0 Å². The van der Waals surface area contributed by atoms with Gasteiger partial charge in [0.25, 0.3) is 0 Å². The number of benzene rings is 1. The van der Waals surface area contributed by atoms with Crippen LogP contribution in [0.2, 0.25) is 0 Å². The Bertz CT molecular complexity index is 1210. The molecule has 0 saturated carbocycles. The van der Waals surface area contributed by atoms with E-state index in [9.17, 15) is 18.0 Å². The largest absolute Gasteiger partial charge is 0.416 e. The van der Waals surface area contributed by atoms with Crippen LogP contribution >= 0.6 is 0 Å². The summed E-state index contributed by atoms with van der Waals surface area (Å²) in [5, 5.41) is 3.30. The average Bonchev–Trinajstić information content (AvgIpc) is 2.92. The second kappa shape index (κ2) is 12.7. The van der Waals surface area contributed by atoms with Gasteiger partial charge < -0.3 is 15.1 Å². The molecular formula is C29H32F3N5O. The first kappa shape index (κ1) is 27.3. The Morgan fingerprint density at radius 1 is 1.05 bits per heavy atom. The second-order valence-corrected chi connectivity index (χ2v) is 9.43. The van der Waals surface area contributed by atoms with E-state index in [4.69, 9.17) is 0 Å². The Labute approximate surface area is 221 Å². The van der Waals surface area contributed by atoms with Gasteiger partial charge in [-0.15, -0.1) is 0 Å². The smallest absolute Gasteiger partial charge is 0.354 e. The third-order valence-corrected chi connectivity index (χ3v) is 6.59. The molecule has 0 radical (unpaired) electrons. The molecule has 2 aromatic heterocycles. The zero-order valence-electron chi connectivity index (χ0n) is 21.4. The second-order valence-electron chi connectivity index (χ2n) is 9.43. The van der Waals surface area contributed by atoms with E-state index in [0.29, 0.717) is 12.1 Å². The lowest BCUT2D eigenvalue weighted by atomic mass is 10.0. The summed E-state index contributed by atoms with van der Waals surface area (Å²) in [7, 11) is 0. The minimum Gasteiger partial charge on any atom is -0.354 e. The minimum absolute atomic E-state index is 0.0599. The molecule has 1 fully saturated rings. The molecule has 3 aromatic rings. The van der Waals surface area contributed by atoms with E-state index in [1.165, 1.54) is 18.2 Å². The molecule has 1 aromatic carbocycles. The zero-order chi connectivity index (χ0) is 27.0. The third kappa shape index (κ3) is 7.64. The molecule has 6 nitrogen and oxygen atoms in total. The van der Waals surface area contributed by atoms with Gasteiger partial charge in [-0.05, 0) is 73.3 Å². The van der Waals surface area contributed by atoms with E-state index >= 15 is 0 Å². The Kier molecular flexibility index (Phi) is 9.12. The molecule has 0 aliphatic carbocycles. The number of halogens is 3. The summed E-state index contributed by atoms with van der Waals surface area (Å²) in [6.07, 6.45) is 8.33. The number of rotatable bonds is 9. The van der Waals surface area contributed by atoms with Crippen molar-refractivity contribution in [1.82, 2.24) is 19.8 Å². The molecule has 9 heteroatoms. The number of piperidine rings is 1. The molecular weight excluding hydrogens is 491 g/mol. The maximum absolute atomic E-state index is 13.4. The molecule has 0 unspecified atom stereocenters. The Balaban J connectivity index is 1.50. The van der Waals surface area contributed by atoms with E-state index in [-0.39, 0.29) is 11.9 Å². The first-order valence-corrected chi connectivity index (χ1v) is 12.8. The molecule has 0 spiro atoms. The first-order valence-electron chi connectivity index (χ1n) is 12.8. The van der Waals surface area contributed by atoms with E-state index in [0.717, 1.165) is 68.0 Å². The highest BCUT2D eigenvalue weighted by Crippen LogP contribution is 2.29. The number of likely N-dealkylation sites (tertiary alicyclic amines) is 1. The predicted molar refractivity (Wildman–Crippen MR) is 143 cm³/mol. The summed E-state index contributed by atoms with van der Waals surface area (Å²) < 4.78 is 38.7. The van der Waals surface area contributed by atoms with Crippen LogP contribution in [0, 0.1) is 0 Å². The number of hydrogen-bond acceptors (Lipinski definition) is 5. The van der Waals surface area contributed by atoms with Crippen molar-refractivity contribution < 1.29 is 18.0 Å².